The molecule has 10 heteroatoms. The van der Waals surface area contributed by atoms with Crippen LogP contribution in [-0.2, 0) is 17.8 Å². The van der Waals surface area contributed by atoms with Crippen LogP contribution in [0.4, 0.5) is 14.6 Å². The van der Waals surface area contributed by atoms with E-state index in [1.165, 1.54) is 6.20 Å². The lowest BCUT2D eigenvalue weighted by Crippen LogP contribution is -2.53. The molecule has 0 radical (unpaired) electrons. The number of nitrogens with zero attached hydrogens (tertiary/aromatic N) is 6. The van der Waals surface area contributed by atoms with Gasteiger partial charge in [0.1, 0.15) is 17.5 Å². The highest BCUT2D eigenvalue weighted by atomic mass is 35.5. The molecule has 2 fully saturated rings. The molecular weight excluding hydrogens is 474 g/mol. The number of rotatable bonds is 4. The van der Waals surface area contributed by atoms with Crippen molar-refractivity contribution < 1.29 is 13.5 Å². The minimum atomic E-state index is -1.32. The fourth-order valence-corrected chi connectivity index (χ4v) is 5.54. The molecule has 0 spiro atoms. The van der Waals surface area contributed by atoms with Gasteiger partial charge in [-0.3, -0.25) is 9.47 Å². The highest BCUT2D eigenvalue weighted by Gasteiger charge is 2.41. The Labute approximate surface area is 207 Å². The SMILES string of the molecule is Cc1cc(N2CCC(c3nnc4n3-c3ccc(Cl)cc3CN(CC3(F)COC3)C4)CC2)ncc1F. The number of hydrogen-bond donors (Lipinski definition) is 0. The topological polar surface area (TPSA) is 59.3 Å². The third-order valence-electron chi connectivity index (χ3n) is 7.24. The summed E-state index contributed by atoms with van der Waals surface area (Å²) >= 11 is 6.35. The number of fused-ring (bicyclic) bond motifs is 3. The van der Waals surface area contributed by atoms with Crippen LogP contribution in [0, 0.1) is 12.7 Å². The quantitative estimate of drug-likeness (QED) is 0.535. The number of alkyl halides is 1. The second kappa shape index (κ2) is 8.80. The van der Waals surface area contributed by atoms with Crippen molar-refractivity contribution in [2.24, 2.45) is 0 Å². The number of benzene rings is 1. The van der Waals surface area contributed by atoms with Crippen LogP contribution >= 0.6 is 11.6 Å². The molecule has 2 aromatic heterocycles. The van der Waals surface area contributed by atoms with Crippen molar-refractivity contribution in [1.82, 2.24) is 24.6 Å². The van der Waals surface area contributed by atoms with Gasteiger partial charge >= 0.3 is 0 Å². The van der Waals surface area contributed by atoms with Crippen LogP contribution in [0.5, 0.6) is 0 Å². The first kappa shape index (κ1) is 22.8. The standard InChI is InChI=1S/C25H27ClF2N6O/c1-16-8-22(29-10-20(16)27)33-6-4-17(5-7-33)24-31-30-23-12-32(13-25(28)14-35-15-25)11-18-9-19(26)2-3-21(18)34(23)24/h2-3,8-10,17H,4-7,11-15H2,1H3. The minimum Gasteiger partial charge on any atom is -0.375 e. The summed E-state index contributed by atoms with van der Waals surface area (Å²) in [5.74, 6) is 2.47. The molecule has 3 aromatic rings. The van der Waals surface area contributed by atoms with Crippen LogP contribution in [0.15, 0.2) is 30.5 Å². The van der Waals surface area contributed by atoms with Crippen molar-refractivity contribution in [3.05, 3.63) is 64.1 Å². The van der Waals surface area contributed by atoms with Gasteiger partial charge in [0.05, 0.1) is 31.6 Å². The van der Waals surface area contributed by atoms with E-state index in [0.29, 0.717) is 23.7 Å². The lowest BCUT2D eigenvalue weighted by molar-refractivity contribution is -0.142. The summed E-state index contributed by atoms with van der Waals surface area (Å²) in [5.41, 5.74) is 1.31. The average Bonchev–Trinajstić information content (AvgIpc) is 3.16. The Morgan fingerprint density at radius 1 is 1.14 bits per heavy atom. The maximum Gasteiger partial charge on any atom is 0.169 e. The molecule has 0 saturated carbocycles. The largest absolute Gasteiger partial charge is 0.375 e. The van der Waals surface area contributed by atoms with Crippen molar-refractivity contribution in [2.45, 2.75) is 44.4 Å². The minimum absolute atomic E-state index is 0.130. The van der Waals surface area contributed by atoms with E-state index in [-0.39, 0.29) is 31.5 Å². The van der Waals surface area contributed by atoms with Crippen molar-refractivity contribution in [3.63, 3.8) is 0 Å². The Kier molecular flexibility index (Phi) is 5.74. The zero-order chi connectivity index (χ0) is 24.2. The fraction of sp³-hybridized carbons (Fsp3) is 0.480. The van der Waals surface area contributed by atoms with Gasteiger partial charge in [0.15, 0.2) is 11.5 Å². The summed E-state index contributed by atoms with van der Waals surface area (Å²) in [6.45, 7) is 4.98. The number of piperidine rings is 1. The van der Waals surface area contributed by atoms with Crippen molar-refractivity contribution in [3.8, 4) is 5.69 Å². The van der Waals surface area contributed by atoms with E-state index in [4.69, 9.17) is 16.3 Å². The second-order valence-corrected chi connectivity index (χ2v) is 10.4. The molecule has 0 amide bonds. The predicted octanol–water partition coefficient (Wildman–Crippen LogP) is 4.20. The summed E-state index contributed by atoms with van der Waals surface area (Å²) < 4.78 is 35.8. The van der Waals surface area contributed by atoms with Crippen LogP contribution < -0.4 is 4.90 Å². The van der Waals surface area contributed by atoms with Crippen LogP contribution in [0.25, 0.3) is 5.69 Å². The molecule has 184 valence electrons. The van der Waals surface area contributed by atoms with E-state index in [1.807, 2.05) is 18.2 Å². The molecule has 0 bridgehead atoms. The van der Waals surface area contributed by atoms with Gasteiger partial charge in [0.25, 0.3) is 0 Å². The molecule has 3 aliphatic heterocycles. The third kappa shape index (κ3) is 4.30. The maximum absolute atomic E-state index is 14.9. The molecule has 5 heterocycles. The average molecular weight is 501 g/mol. The second-order valence-electron chi connectivity index (χ2n) is 9.92. The highest BCUT2D eigenvalue weighted by Crippen LogP contribution is 2.35. The van der Waals surface area contributed by atoms with Crippen molar-refractivity contribution in [1.29, 1.82) is 0 Å². The number of aromatic nitrogens is 4. The number of hydrogen-bond acceptors (Lipinski definition) is 6. The molecule has 0 aliphatic carbocycles. The van der Waals surface area contributed by atoms with E-state index < -0.39 is 5.67 Å². The van der Waals surface area contributed by atoms with Gasteiger partial charge in [-0.15, -0.1) is 10.2 Å². The molecule has 2 saturated heterocycles. The van der Waals surface area contributed by atoms with Gasteiger partial charge < -0.3 is 9.64 Å². The number of pyridine rings is 1. The monoisotopic (exact) mass is 500 g/mol. The van der Waals surface area contributed by atoms with Gasteiger partial charge in [-0.25, -0.2) is 13.8 Å². The smallest absolute Gasteiger partial charge is 0.169 e. The lowest BCUT2D eigenvalue weighted by atomic mass is 9.95. The van der Waals surface area contributed by atoms with Gasteiger partial charge in [-0.2, -0.15) is 0 Å². The first-order valence-electron chi connectivity index (χ1n) is 12.0. The van der Waals surface area contributed by atoms with E-state index in [1.54, 1.807) is 13.0 Å². The highest BCUT2D eigenvalue weighted by molar-refractivity contribution is 6.30. The molecule has 7 nitrogen and oxygen atoms in total. The normalized spacial score (nSPS) is 20.2. The first-order valence-corrected chi connectivity index (χ1v) is 12.4. The zero-order valence-electron chi connectivity index (χ0n) is 19.6. The van der Waals surface area contributed by atoms with Crippen LogP contribution in [-0.4, -0.2) is 63.2 Å². The summed E-state index contributed by atoms with van der Waals surface area (Å²) in [6.07, 6.45) is 3.06. The van der Waals surface area contributed by atoms with E-state index in [2.05, 4.69) is 29.5 Å². The summed E-state index contributed by atoms with van der Waals surface area (Å²) in [5, 5.41) is 9.83. The third-order valence-corrected chi connectivity index (χ3v) is 7.48. The molecule has 1 aromatic carbocycles. The summed E-state index contributed by atoms with van der Waals surface area (Å²) in [7, 11) is 0. The number of ether oxygens (including phenoxy) is 1. The maximum atomic E-state index is 14.9. The molecule has 0 N–H and O–H groups in total. The van der Waals surface area contributed by atoms with Crippen LogP contribution in [0.1, 0.15) is 41.5 Å². The number of halogens is 3. The summed E-state index contributed by atoms with van der Waals surface area (Å²) in [6, 6.07) is 7.65. The Hall–Kier alpha value is -2.62. The number of anilines is 1. The molecule has 35 heavy (non-hydrogen) atoms. The van der Waals surface area contributed by atoms with Crippen molar-refractivity contribution >= 4 is 17.4 Å². The van der Waals surface area contributed by atoms with Crippen LogP contribution in [0.2, 0.25) is 5.02 Å². The van der Waals surface area contributed by atoms with Gasteiger partial charge in [-0.05, 0) is 55.2 Å². The van der Waals surface area contributed by atoms with Gasteiger partial charge in [0.2, 0.25) is 0 Å². The predicted molar refractivity (Wildman–Crippen MR) is 128 cm³/mol. The lowest BCUT2D eigenvalue weighted by Gasteiger charge is -2.37. The Balaban J connectivity index is 1.27. The van der Waals surface area contributed by atoms with Crippen molar-refractivity contribution in [2.75, 3.05) is 37.7 Å². The molecule has 0 atom stereocenters. The first-order chi connectivity index (χ1) is 16.9. The summed E-state index contributed by atoms with van der Waals surface area (Å²) in [4.78, 5) is 8.54. The van der Waals surface area contributed by atoms with Crippen LogP contribution in [0.3, 0.4) is 0 Å². The molecular formula is C25H27ClF2N6O. The fourth-order valence-electron chi connectivity index (χ4n) is 5.35. The van der Waals surface area contributed by atoms with E-state index in [9.17, 15) is 8.78 Å². The number of aryl methyl sites for hydroxylation is 1. The zero-order valence-corrected chi connectivity index (χ0v) is 20.3. The van der Waals surface area contributed by atoms with Gasteiger partial charge in [0, 0.05) is 37.1 Å². The molecule has 3 aliphatic rings. The Morgan fingerprint density at radius 3 is 2.66 bits per heavy atom. The Morgan fingerprint density at radius 2 is 1.94 bits per heavy atom. The Bertz CT molecular complexity index is 1250. The van der Waals surface area contributed by atoms with Gasteiger partial charge in [-0.1, -0.05) is 11.6 Å². The van der Waals surface area contributed by atoms with E-state index >= 15 is 0 Å². The van der Waals surface area contributed by atoms with E-state index in [0.717, 1.165) is 54.6 Å². The molecule has 0 unspecified atom stereocenters. The molecule has 6 rings (SSSR count).